The summed E-state index contributed by atoms with van der Waals surface area (Å²) in [5.74, 6) is -0.130. The molecule has 0 saturated heterocycles. The van der Waals surface area contributed by atoms with Gasteiger partial charge < -0.3 is 10.7 Å². The highest BCUT2D eigenvalue weighted by molar-refractivity contribution is 6.04. The predicted molar refractivity (Wildman–Crippen MR) is 73.3 cm³/mol. The van der Waals surface area contributed by atoms with Crippen molar-refractivity contribution in [2.24, 2.45) is 0 Å². The zero-order chi connectivity index (χ0) is 13.0. The number of carbonyl (C=O) groups is 1. The fourth-order valence-corrected chi connectivity index (χ4v) is 1.60. The minimum absolute atomic E-state index is 0.130. The highest BCUT2D eigenvalue weighted by atomic mass is 16.1. The number of anilines is 1. The lowest BCUT2D eigenvalue weighted by atomic mass is 10.1. The first-order valence-electron chi connectivity index (χ1n) is 5.69. The van der Waals surface area contributed by atoms with Gasteiger partial charge in [0.25, 0.3) is 5.91 Å². The van der Waals surface area contributed by atoms with Gasteiger partial charge in [0, 0.05) is 17.0 Å². The third-order valence-corrected chi connectivity index (χ3v) is 2.61. The standard InChI is InChI=1S/C15H14N2O/c1-11(16)12-7-9-14(10-8-12)17-15(18)13-5-3-2-4-6-13/h2-10,16H,1H3,(H,17,18). The van der Waals surface area contributed by atoms with E-state index in [1.54, 1.807) is 31.2 Å². The van der Waals surface area contributed by atoms with E-state index >= 15 is 0 Å². The van der Waals surface area contributed by atoms with Crippen LogP contribution in [0.4, 0.5) is 5.69 Å². The van der Waals surface area contributed by atoms with Gasteiger partial charge in [0.05, 0.1) is 0 Å². The second kappa shape index (κ2) is 5.27. The largest absolute Gasteiger partial charge is 0.322 e. The van der Waals surface area contributed by atoms with Crippen LogP contribution in [0.15, 0.2) is 54.6 Å². The van der Waals surface area contributed by atoms with Gasteiger partial charge >= 0.3 is 0 Å². The zero-order valence-electron chi connectivity index (χ0n) is 10.1. The molecule has 2 rings (SSSR count). The molecular formula is C15H14N2O. The van der Waals surface area contributed by atoms with E-state index in [0.717, 1.165) is 11.3 Å². The summed E-state index contributed by atoms with van der Waals surface area (Å²) in [6.45, 7) is 1.73. The monoisotopic (exact) mass is 238 g/mol. The van der Waals surface area contributed by atoms with Crippen LogP contribution in [-0.4, -0.2) is 11.6 Å². The van der Waals surface area contributed by atoms with Crippen LogP contribution in [0.25, 0.3) is 0 Å². The van der Waals surface area contributed by atoms with Gasteiger partial charge in [0.2, 0.25) is 0 Å². The van der Waals surface area contributed by atoms with Gasteiger partial charge in [-0.25, -0.2) is 0 Å². The molecule has 0 aromatic heterocycles. The maximum atomic E-state index is 11.9. The molecule has 0 saturated carbocycles. The van der Waals surface area contributed by atoms with E-state index in [2.05, 4.69) is 5.32 Å². The van der Waals surface area contributed by atoms with Crippen molar-refractivity contribution in [1.82, 2.24) is 0 Å². The molecule has 0 unspecified atom stereocenters. The molecule has 0 spiro atoms. The first kappa shape index (κ1) is 12.0. The Morgan fingerprint density at radius 1 is 0.944 bits per heavy atom. The summed E-state index contributed by atoms with van der Waals surface area (Å²) < 4.78 is 0. The lowest BCUT2D eigenvalue weighted by molar-refractivity contribution is 0.102. The number of amides is 1. The zero-order valence-corrected chi connectivity index (χ0v) is 10.1. The van der Waals surface area contributed by atoms with Gasteiger partial charge in [-0.1, -0.05) is 30.3 Å². The van der Waals surface area contributed by atoms with Crippen molar-refractivity contribution in [2.45, 2.75) is 6.92 Å². The van der Waals surface area contributed by atoms with Crippen LogP contribution in [-0.2, 0) is 0 Å². The highest BCUT2D eigenvalue weighted by Gasteiger charge is 2.04. The molecule has 3 heteroatoms. The minimum Gasteiger partial charge on any atom is -0.322 e. The molecule has 0 fully saturated rings. The molecule has 0 aliphatic rings. The molecule has 2 N–H and O–H groups in total. The van der Waals surface area contributed by atoms with Crippen molar-refractivity contribution in [3.05, 3.63) is 65.7 Å². The smallest absolute Gasteiger partial charge is 0.255 e. The summed E-state index contributed by atoms with van der Waals surface area (Å²) in [5, 5.41) is 10.3. The van der Waals surface area contributed by atoms with Crippen molar-refractivity contribution in [3.63, 3.8) is 0 Å². The number of benzene rings is 2. The molecule has 3 nitrogen and oxygen atoms in total. The Morgan fingerprint density at radius 3 is 2.11 bits per heavy atom. The molecule has 0 heterocycles. The molecule has 0 aliphatic carbocycles. The Balaban J connectivity index is 2.10. The van der Waals surface area contributed by atoms with Crippen LogP contribution in [0.3, 0.4) is 0 Å². The van der Waals surface area contributed by atoms with Crippen molar-refractivity contribution in [2.75, 3.05) is 5.32 Å². The summed E-state index contributed by atoms with van der Waals surface area (Å²) in [7, 11) is 0. The average molecular weight is 238 g/mol. The van der Waals surface area contributed by atoms with Gasteiger partial charge in [0.15, 0.2) is 0 Å². The number of nitrogens with one attached hydrogen (secondary N) is 2. The van der Waals surface area contributed by atoms with E-state index in [4.69, 9.17) is 5.41 Å². The third kappa shape index (κ3) is 2.83. The maximum Gasteiger partial charge on any atom is 0.255 e. The van der Waals surface area contributed by atoms with E-state index in [9.17, 15) is 4.79 Å². The van der Waals surface area contributed by atoms with Crippen molar-refractivity contribution in [1.29, 1.82) is 5.41 Å². The van der Waals surface area contributed by atoms with Crippen molar-refractivity contribution in [3.8, 4) is 0 Å². The van der Waals surface area contributed by atoms with Crippen molar-refractivity contribution >= 4 is 17.3 Å². The normalized spacial score (nSPS) is 9.83. The molecule has 2 aromatic carbocycles. The van der Waals surface area contributed by atoms with Crippen LogP contribution in [0, 0.1) is 5.41 Å². The molecule has 1 amide bonds. The second-order valence-corrected chi connectivity index (χ2v) is 4.02. The summed E-state index contributed by atoms with van der Waals surface area (Å²) >= 11 is 0. The van der Waals surface area contributed by atoms with Crippen LogP contribution < -0.4 is 5.32 Å². The topological polar surface area (TPSA) is 53.0 Å². The Bertz CT molecular complexity index is 559. The molecule has 0 atom stereocenters. The number of hydrogen-bond acceptors (Lipinski definition) is 2. The first-order chi connectivity index (χ1) is 8.66. The molecule has 0 aliphatic heterocycles. The number of hydrogen-bond donors (Lipinski definition) is 2. The average Bonchev–Trinajstić information content (AvgIpc) is 2.40. The van der Waals surface area contributed by atoms with Crippen LogP contribution in [0.2, 0.25) is 0 Å². The summed E-state index contributed by atoms with van der Waals surface area (Å²) in [6.07, 6.45) is 0. The fraction of sp³-hybridized carbons (Fsp3) is 0.0667. The van der Waals surface area contributed by atoms with E-state index in [1.165, 1.54) is 0 Å². The van der Waals surface area contributed by atoms with Gasteiger partial charge in [-0.15, -0.1) is 0 Å². The van der Waals surface area contributed by atoms with E-state index < -0.39 is 0 Å². The Labute approximate surface area is 106 Å². The highest BCUT2D eigenvalue weighted by Crippen LogP contribution is 2.11. The molecule has 0 bridgehead atoms. The van der Waals surface area contributed by atoms with E-state index in [1.807, 2.05) is 30.3 Å². The second-order valence-electron chi connectivity index (χ2n) is 4.02. The number of rotatable bonds is 3. The fourth-order valence-electron chi connectivity index (χ4n) is 1.60. The molecule has 90 valence electrons. The Morgan fingerprint density at radius 2 is 1.56 bits per heavy atom. The van der Waals surface area contributed by atoms with Crippen LogP contribution in [0.5, 0.6) is 0 Å². The van der Waals surface area contributed by atoms with Gasteiger partial charge in [-0.05, 0) is 36.8 Å². The van der Waals surface area contributed by atoms with Crippen LogP contribution in [0.1, 0.15) is 22.8 Å². The Hall–Kier alpha value is -2.42. The Kier molecular flexibility index (Phi) is 3.53. The molecule has 2 aromatic rings. The van der Waals surface area contributed by atoms with E-state index in [-0.39, 0.29) is 5.91 Å². The SMILES string of the molecule is CC(=N)c1ccc(NC(=O)c2ccccc2)cc1. The minimum atomic E-state index is -0.130. The van der Waals surface area contributed by atoms with Gasteiger partial charge in [-0.2, -0.15) is 0 Å². The van der Waals surface area contributed by atoms with E-state index in [0.29, 0.717) is 11.3 Å². The van der Waals surface area contributed by atoms with Gasteiger partial charge in [0.1, 0.15) is 0 Å². The number of carbonyl (C=O) groups excluding carboxylic acids is 1. The lowest BCUT2D eigenvalue weighted by Gasteiger charge is -2.06. The van der Waals surface area contributed by atoms with Gasteiger partial charge in [-0.3, -0.25) is 4.79 Å². The molecule has 0 radical (unpaired) electrons. The summed E-state index contributed by atoms with van der Waals surface area (Å²) in [4.78, 5) is 11.9. The maximum absolute atomic E-state index is 11.9. The van der Waals surface area contributed by atoms with Crippen LogP contribution >= 0.6 is 0 Å². The third-order valence-electron chi connectivity index (χ3n) is 2.61. The quantitative estimate of drug-likeness (QED) is 0.792. The predicted octanol–water partition coefficient (Wildman–Crippen LogP) is 3.33. The van der Waals surface area contributed by atoms with Crippen molar-refractivity contribution < 1.29 is 4.79 Å². The molecular weight excluding hydrogens is 224 g/mol. The molecule has 18 heavy (non-hydrogen) atoms. The summed E-state index contributed by atoms with van der Waals surface area (Å²) in [5.41, 5.74) is 2.72. The summed E-state index contributed by atoms with van der Waals surface area (Å²) in [6, 6.07) is 16.3. The first-order valence-corrected chi connectivity index (χ1v) is 5.69. The lowest BCUT2D eigenvalue weighted by Crippen LogP contribution is -2.11.